The minimum absolute atomic E-state index is 0.00556. The van der Waals surface area contributed by atoms with Gasteiger partial charge in [0.2, 0.25) is 0 Å². The number of hydrogen-bond acceptors (Lipinski definition) is 5. The second-order valence-electron chi connectivity index (χ2n) is 9.38. The summed E-state index contributed by atoms with van der Waals surface area (Å²) >= 11 is 0. The van der Waals surface area contributed by atoms with E-state index in [2.05, 4.69) is 11.4 Å². The molecule has 3 aromatic carbocycles. The van der Waals surface area contributed by atoms with Crippen LogP contribution in [-0.2, 0) is 6.42 Å². The molecule has 0 aromatic heterocycles. The molecule has 0 aliphatic carbocycles. The smallest absolute Gasteiger partial charge is 0.335 e. The van der Waals surface area contributed by atoms with Crippen LogP contribution in [-0.4, -0.2) is 41.0 Å². The summed E-state index contributed by atoms with van der Waals surface area (Å²) in [6.07, 6.45) is 1.45. The number of nitrogens with one attached hydrogen (secondary N) is 1. The molecule has 36 heavy (non-hydrogen) atoms. The molecule has 0 saturated heterocycles. The molecule has 0 amide bonds. The molecule has 3 aromatic rings. The van der Waals surface area contributed by atoms with E-state index in [1.165, 1.54) is 18.2 Å². The van der Waals surface area contributed by atoms with E-state index in [9.17, 15) is 19.6 Å². The van der Waals surface area contributed by atoms with Crippen molar-refractivity contribution in [2.75, 3.05) is 13.2 Å². The Morgan fingerprint density at radius 1 is 1.11 bits per heavy atom. The number of ether oxygens (including phenoxy) is 1. The predicted molar refractivity (Wildman–Crippen MR) is 136 cm³/mol. The summed E-state index contributed by atoms with van der Waals surface area (Å²) in [5.74, 6) is -0.837. The lowest BCUT2D eigenvalue weighted by Gasteiger charge is -2.28. The number of benzene rings is 3. The number of nitriles is 1. The van der Waals surface area contributed by atoms with Gasteiger partial charge in [-0.15, -0.1) is 0 Å². The zero-order valence-corrected chi connectivity index (χ0v) is 20.5. The van der Waals surface area contributed by atoms with Gasteiger partial charge in [-0.2, -0.15) is 5.26 Å². The molecule has 0 bridgehead atoms. The first-order chi connectivity index (χ1) is 17.2. The Labute approximate surface area is 211 Å². The van der Waals surface area contributed by atoms with E-state index >= 15 is 0 Å². The van der Waals surface area contributed by atoms with E-state index in [1.54, 1.807) is 42.5 Å². The average Bonchev–Trinajstić information content (AvgIpc) is 2.87. The maximum atomic E-state index is 13.8. The van der Waals surface area contributed by atoms with Crippen LogP contribution in [0.25, 0.3) is 11.1 Å². The van der Waals surface area contributed by atoms with Gasteiger partial charge in [0, 0.05) is 12.1 Å². The third-order valence-corrected chi connectivity index (χ3v) is 6.02. The number of rotatable bonds is 12. The van der Waals surface area contributed by atoms with E-state index in [4.69, 9.17) is 9.84 Å². The highest BCUT2D eigenvalue weighted by Gasteiger charge is 2.19. The van der Waals surface area contributed by atoms with Gasteiger partial charge in [-0.1, -0.05) is 36.4 Å². The Bertz CT molecular complexity index is 1220. The van der Waals surface area contributed by atoms with Crippen molar-refractivity contribution in [1.29, 1.82) is 5.26 Å². The molecule has 1 atom stereocenters. The zero-order valence-electron chi connectivity index (χ0n) is 20.5. The second kappa shape index (κ2) is 12.3. The van der Waals surface area contributed by atoms with Gasteiger partial charge in [-0.05, 0) is 80.1 Å². The second-order valence-corrected chi connectivity index (χ2v) is 9.38. The van der Waals surface area contributed by atoms with Crippen LogP contribution in [0.5, 0.6) is 5.75 Å². The molecule has 0 fully saturated rings. The molecule has 1 unspecified atom stereocenters. The molecule has 0 spiro atoms. The molecule has 3 rings (SSSR count). The van der Waals surface area contributed by atoms with E-state index in [-0.39, 0.29) is 23.5 Å². The van der Waals surface area contributed by atoms with Crippen molar-refractivity contribution in [1.82, 2.24) is 5.32 Å². The Morgan fingerprint density at radius 3 is 2.47 bits per heavy atom. The van der Waals surface area contributed by atoms with Crippen molar-refractivity contribution in [2.45, 2.75) is 44.8 Å². The molecule has 7 heteroatoms. The Balaban J connectivity index is 1.52. The maximum absolute atomic E-state index is 13.8. The summed E-state index contributed by atoms with van der Waals surface area (Å²) in [6.45, 7) is 4.36. The molecule has 0 aliphatic rings. The maximum Gasteiger partial charge on any atom is 0.335 e. The molecule has 0 aliphatic heterocycles. The van der Waals surface area contributed by atoms with Crippen molar-refractivity contribution >= 4 is 5.97 Å². The number of halogens is 1. The number of aryl methyl sites for hydroxylation is 1. The summed E-state index contributed by atoms with van der Waals surface area (Å²) < 4.78 is 19.6. The van der Waals surface area contributed by atoms with Crippen LogP contribution in [0, 0.1) is 17.1 Å². The Morgan fingerprint density at radius 2 is 1.81 bits per heavy atom. The average molecular weight is 491 g/mol. The molecular weight excluding hydrogens is 459 g/mol. The SMILES string of the molecule is CC(C)(CCCc1ccccc1F)NCC(O)COc1cc(-c2ccc(C(=O)O)cc2)ccc1C#N. The van der Waals surface area contributed by atoms with E-state index in [0.717, 1.165) is 24.0 Å². The monoisotopic (exact) mass is 490 g/mol. The van der Waals surface area contributed by atoms with Gasteiger partial charge in [0.05, 0.1) is 11.1 Å². The summed E-state index contributed by atoms with van der Waals surface area (Å²) in [7, 11) is 0. The van der Waals surface area contributed by atoms with Crippen molar-refractivity contribution in [3.63, 3.8) is 0 Å². The number of aromatic carboxylic acids is 1. The largest absolute Gasteiger partial charge is 0.489 e. The lowest BCUT2D eigenvalue weighted by Crippen LogP contribution is -2.44. The number of nitrogens with zero attached hydrogens (tertiary/aromatic N) is 1. The minimum Gasteiger partial charge on any atom is -0.489 e. The van der Waals surface area contributed by atoms with Gasteiger partial charge >= 0.3 is 5.97 Å². The number of carboxylic acid groups (broad SMARTS) is 1. The van der Waals surface area contributed by atoms with Crippen LogP contribution in [0.1, 0.15) is 48.2 Å². The quantitative estimate of drug-likeness (QED) is 0.323. The number of carbonyl (C=O) groups is 1. The third kappa shape index (κ3) is 7.64. The van der Waals surface area contributed by atoms with Gasteiger partial charge < -0.3 is 20.3 Å². The highest BCUT2D eigenvalue weighted by atomic mass is 19.1. The first-order valence-corrected chi connectivity index (χ1v) is 11.9. The lowest BCUT2D eigenvalue weighted by molar-refractivity contribution is 0.0697. The van der Waals surface area contributed by atoms with Crippen LogP contribution in [0.2, 0.25) is 0 Å². The standard InChI is InChI=1S/C29H31FN2O4/c1-29(2,15-5-7-21-6-3-4-8-26(21)30)32-18-25(33)19-36-27-16-23(13-14-24(27)17-31)20-9-11-22(12-10-20)28(34)35/h3-4,6,8-14,16,25,32-33H,5,7,15,18-19H2,1-2H3,(H,34,35). The molecule has 0 saturated carbocycles. The highest BCUT2D eigenvalue weighted by molar-refractivity contribution is 5.88. The normalized spacial score (nSPS) is 12.1. The van der Waals surface area contributed by atoms with E-state index in [0.29, 0.717) is 29.8 Å². The first kappa shape index (κ1) is 26.9. The minimum atomic E-state index is -0.999. The van der Waals surface area contributed by atoms with Crippen molar-refractivity contribution in [3.05, 3.63) is 89.2 Å². The summed E-state index contributed by atoms with van der Waals surface area (Å²) in [5.41, 5.74) is 2.53. The summed E-state index contributed by atoms with van der Waals surface area (Å²) in [5, 5.41) is 32.3. The van der Waals surface area contributed by atoms with Crippen molar-refractivity contribution in [3.8, 4) is 22.9 Å². The predicted octanol–water partition coefficient (Wildman–Crippen LogP) is 5.19. The van der Waals surface area contributed by atoms with Gasteiger partial charge in [-0.25, -0.2) is 9.18 Å². The van der Waals surface area contributed by atoms with Crippen LogP contribution in [0.15, 0.2) is 66.7 Å². The number of aliphatic hydroxyl groups excluding tert-OH is 1. The summed E-state index contributed by atoms with van der Waals surface area (Å²) in [6, 6.07) is 20.4. The van der Waals surface area contributed by atoms with E-state index in [1.807, 2.05) is 19.9 Å². The fraction of sp³-hybridized carbons (Fsp3) is 0.310. The molecule has 3 N–H and O–H groups in total. The highest BCUT2D eigenvalue weighted by Crippen LogP contribution is 2.27. The number of hydrogen-bond donors (Lipinski definition) is 3. The third-order valence-electron chi connectivity index (χ3n) is 6.02. The number of β-amino-alcohol motifs (C(OH)–C–C–N with tert-alkyl or cyclic N) is 1. The number of aliphatic hydroxyl groups is 1. The van der Waals surface area contributed by atoms with Crippen LogP contribution in [0.4, 0.5) is 4.39 Å². The lowest BCUT2D eigenvalue weighted by atomic mass is 9.95. The van der Waals surface area contributed by atoms with Crippen LogP contribution >= 0.6 is 0 Å². The molecule has 6 nitrogen and oxygen atoms in total. The number of carboxylic acids is 1. The molecular formula is C29H31FN2O4. The van der Waals surface area contributed by atoms with Crippen molar-refractivity contribution in [2.24, 2.45) is 0 Å². The van der Waals surface area contributed by atoms with Gasteiger partial charge in [0.25, 0.3) is 0 Å². The zero-order chi connectivity index (χ0) is 26.1. The topological polar surface area (TPSA) is 103 Å². The van der Waals surface area contributed by atoms with Crippen molar-refractivity contribution < 1.29 is 24.1 Å². The first-order valence-electron chi connectivity index (χ1n) is 11.9. The molecule has 0 radical (unpaired) electrons. The van der Waals surface area contributed by atoms with Gasteiger partial charge in [-0.3, -0.25) is 0 Å². The van der Waals surface area contributed by atoms with Gasteiger partial charge in [0.15, 0.2) is 0 Å². The Hall–Kier alpha value is -3.73. The van der Waals surface area contributed by atoms with Crippen LogP contribution in [0.3, 0.4) is 0 Å². The van der Waals surface area contributed by atoms with Gasteiger partial charge in [0.1, 0.15) is 30.3 Å². The summed E-state index contributed by atoms with van der Waals surface area (Å²) in [4.78, 5) is 11.1. The molecule has 0 heterocycles. The Kier molecular flexibility index (Phi) is 9.18. The fourth-order valence-electron chi connectivity index (χ4n) is 3.87. The molecule has 188 valence electrons. The van der Waals surface area contributed by atoms with E-state index < -0.39 is 12.1 Å². The fourth-order valence-corrected chi connectivity index (χ4v) is 3.87. The van der Waals surface area contributed by atoms with Crippen LogP contribution < -0.4 is 10.1 Å².